The zero-order valence-electron chi connectivity index (χ0n) is 13.3. The third-order valence-electron chi connectivity index (χ3n) is 5.15. The quantitative estimate of drug-likeness (QED) is 0.854. The van der Waals surface area contributed by atoms with Gasteiger partial charge in [-0.1, -0.05) is 12.1 Å². The number of likely N-dealkylation sites (tertiary alicyclic amines) is 1. The highest BCUT2D eigenvalue weighted by atomic mass is 19.1. The Bertz CT molecular complexity index is 459. The first-order valence-electron chi connectivity index (χ1n) is 8.35. The number of hydrogen-bond donors (Lipinski definition) is 0. The van der Waals surface area contributed by atoms with E-state index in [4.69, 9.17) is 9.47 Å². The SMILES string of the molecule is CO[C@@H]1CN(C2CCOCC2)CC[C@@H]1Cc1ccc(F)cc1. The molecule has 2 heterocycles. The lowest BCUT2D eigenvalue weighted by Gasteiger charge is -2.43. The highest BCUT2D eigenvalue weighted by Gasteiger charge is 2.33. The molecule has 0 amide bonds. The molecular weight excluding hydrogens is 281 g/mol. The topological polar surface area (TPSA) is 21.7 Å². The van der Waals surface area contributed by atoms with Crippen molar-refractivity contribution in [2.45, 2.75) is 37.8 Å². The number of rotatable bonds is 4. The maximum absolute atomic E-state index is 13.0. The van der Waals surface area contributed by atoms with Crippen molar-refractivity contribution in [2.24, 2.45) is 5.92 Å². The van der Waals surface area contributed by atoms with Gasteiger partial charge in [0, 0.05) is 32.9 Å². The second-order valence-corrected chi connectivity index (χ2v) is 6.49. The number of halogens is 1. The minimum Gasteiger partial charge on any atom is -0.381 e. The van der Waals surface area contributed by atoms with Crippen molar-refractivity contribution in [1.29, 1.82) is 0 Å². The Kier molecular flexibility index (Phi) is 5.45. The summed E-state index contributed by atoms with van der Waals surface area (Å²) in [5.74, 6) is 0.355. The van der Waals surface area contributed by atoms with E-state index >= 15 is 0 Å². The van der Waals surface area contributed by atoms with Crippen LogP contribution in [0, 0.1) is 11.7 Å². The molecule has 122 valence electrons. The van der Waals surface area contributed by atoms with Gasteiger partial charge in [-0.15, -0.1) is 0 Å². The molecule has 2 aliphatic rings. The van der Waals surface area contributed by atoms with E-state index in [1.807, 2.05) is 19.2 Å². The molecule has 0 aromatic heterocycles. The van der Waals surface area contributed by atoms with Crippen LogP contribution in [0.5, 0.6) is 0 Å². The van der Waals surface area contributed by atoms with Gasteiger partial charge >= 0.3 is 0 Å². The summed E-state index contributed by atoms with van der Waals surface area (Å²) < 4.78 is 24.3. The van der Waals surface area contributed by atoms with Gasteiger partial charge in [0.15, 0.2) is 0 Å². The molecular formula is C18H26FNO2. The summed E-state index contributed by atoms with van der Waals surface area (Å²) in [5.41, 5.74) is 1.20. The van der Waals surface area contributed by atoms with Crippen LogP contribution in [0.4, 0.5) is 4.39 Å². The van der Waals surface area contributed by atoms with E-state index in [2.05, 4.69) is 4.90 Å². The van der Waals surface area contributed by atoms with E-state index in [1.165, 1.54) is 5.56 Å². The van der Waals surface area contributed by atoms with Crippen LogP contribution in [0.1, 0.15) is 24.8 Å². The largest absolute Gasteiger partial charge is 0.381 e. The molecule has 22 heavy (non-hydrogen) atoms. The van der Waals surface area contributed by atoms with Crippen LogP contribution in [-0.2, 0) is 15.9 Å². The normalized spacial score (nSPS) is 27.9. The molecule has 2 aliphatic heterocycles. The highest BCUT2D eigenvalue weighted by Crippen LogP contribution is 2.27. The molecule has 0 saturated carbocycles. The number of piperidine rings is 1. The van der Waals surface area contributed by atoms with Gasteiger partial charge in [0.1, 0.15) is 5.82 Å². The lowest BCUT2D eigenvalue weighted by Crippen LogP contribution is -2.51. The summed E-state index contributed by atoms with van der Waals surface area (Å²) in [7, 11) is 1.82. The lowest BCUT2D eigenvalue weighted by atomic mass is 9.86. The summed E-state index contributed by atoms with van der Waals surface area (Å²) >= 11 is 0. The Hall–Kier alpha value is -0.970. The molecule has 3 rings (SSSR count). The summed E-state index contributed by atoms with van der Waals surface area (Å²) in [6.45, 7) is 3.92. The third kappa shape index (κ3) is 3.86. The van der Waals surface area contributed by atoms with Crippen LogP contribution in [0.2, 0.25) is 0 Å². The van der Waals surface area contributed by atoms with Crippen molar-refractivity contribution >= 4 is 0 Å². The Morgan fingerprint density at radius 1 is 1.18 bits per heavy atom. The fourth-order valence-corrected chi connectivity index (χ4v) is 3.79. The van der Waals surface area contributed by atoms with Gasteiger partial charge in [0.05, 0.1) is 6.10 Å². The van der Waals surface area contributed by atoms with Crippen LogP contribution in [0.15, 0.2) is 24.3 Å². The summed E-state index contributed by atoms with van der Waals surface area (Å²) in [5, 5.41) is 0. The van der Waals surface area contributed by atoms with Gasteiger partial charge in [-0.05, 0) is 55.8 Å². The molecule has 0 N–H and O–H groups in total. The lowest BCUT2D eigenvalue weighted by molar-refractivity contribution is -0.0449. The maximum atomic E-state index is 13.0. The molecule has 1 aromatic carbocycles. The molecule has 0 radical (unpaired) electrons. The highest BCUT2D eigenvalue weighted by molar-refractivity contribution is 5.17. The van der Waals surface area contributed by atoms with Crippen LogP contribution in [0.3, 0.4) is 0 Å². The average Bonchev–Trinajstić information content (AvgIpc) is 2.58. The van der Waals surface area contributed by atoms with Crippen molar-refractivity contribution in [3.63, 3.8) is 0 Å². The van der Waals surface area contributed by atoms with Crippen molar-refractivity contribution in [1.82, 2.24) is 4.90 Å². The molecule has 1 aromatic rings. The first kappa shape index (κ1) is 15.9. The van der Waals surface area contributed by atoms with Gasteiger partial charge in [0.2, 0.25) is 0 Å². The standard InChI is InChI=1S/C18H26FNO2/c1-21-18-13-20(17-7-10-22-11-8-17)9-6-15(18)12-14-2-4-16(19)5-3-14/h2-5,15,17-18H,6-13H2,1H3/t15-,18-/m1/s1. The van der Waals surface area contributed by atoms with Gasteiger partial charge in [-0.3, -0.25) is 4.90 Å². The minimum absolute atomic E-state index is 0.165. The summed E-state index contributed by atoms with van der Waals surface area (Å²) in [6.07, 6.45) is 4.66. The monoisotopic (exact) mass is 307 g/mol. The molecule has 0 aliphatic carbocycles. The third-order valence-corrected chi connectivity index (χ3v) is 5.15. The van der Waals surface area contributed by atoms with Gasteiger partial charge in [0.25, 0.3) is 0 Å². The van der Waals surface area contributed by atoms with Crippen molar-refractivity contribution in [3.05, 3.63) is 35.6 Å². The Morgan fingerprint density at radius 2 is 1.91 bits per heavy atom. The van der Waals surface area contributed by atoms with E-state index in [-0.39, 0.29) is 11.9 Å². The van der Waals surface area contributed by atoms with Crippen molar-refractivity contribution in [3.8, 4) is 0 Å². The Balaban J connectivity index is 1.58. The number of hydrogen-bond acceptors (Lipinski definition) is 3. The molecule has 0 spiro atoms. The first-order chi connectivity index (χ1) is 10.8. The number of methoxy groups -OCH3 is 1. The molecule has 0 bridgehead atoms. The van der Waals surface area contributed by atoms with E-state index < -0.39 is 0 Å². The second-order valence-electron chi connectivity index (χ2n) is 6.49. The molecule has 2 atom stereocenters. The summed E-state index contributed by atoms with van der Waals surface area (Å²) in [6, 6.07) is 7.54. The first-order valence-corrected chi connectivity index (χ1v) is 8.35. The summed E-state index contributed by atoms with van der Waals surface area (Å²) in [4.78, 5) is 2.58. The smallest absolute Gasteiger partial charge is 0.123 e. The molecule has 3 nitrogen and oxygen atoms in total. The molecule has 2 fully saturated rings. The van der Waals surface area contributed by atoms with Gasteiger partial charge < -0.3 is 9.47 Å². The van der Waals surface area contributed by atoms with Gasteiger partial charge in [-0.2, -0.15) is 0 Å². The van der Waals surface area contributed by atoms with Crippen molar-refractivity contribution in [2.75, 3.05) is 33.4 Å². The number of benzene rings is 1. The second kappa shape index (κ2) is 7.53. The number of ether oxygens (including phenoxy) is 2. The maximum Gasteiger partial charge on any atom is 0.123 e. The average molecular weight is 307 g/mol. The fourth-order valence-electron chi connectivity index (χ4n) is 3.79. The van der Waals surface area contributed by atoms with Gasteiger partial charge in [-0.25, -0.2) is 4.39 Å². The fraction of sp³-hybridized carbons (Fsp3) is 0.667. The molecule has 2 saturated heterocycles. The molecule has 4 heteroatoms. The predicted octanol–water partition coefficient (Wildman–Crippen LogP) is 2.88. The zero-order chi connectivity index (χ0) is 15.4. The Labute approximate surface area is 132 Å². The van der Waals surface area contributed by atoms with E-state index in [9.17, 15) is 4.39 Å². The van der Waals surface area contributed by atoms with Crippen LogP contribution in [0.25, 0.3) is 0 Å². The zero-order valence-corrected chi connectivity index (χ0v) is 13.3. The van der Waals surface area contributed by atoms with E-state index in [0.29, 0.717) is 12.0 Å². The Morgan fingerprint density at radius 3 is 2.59 bits per heavy atom. The van der Waals surface area contributed by atoms with Crippen LogP contribution in [-0.4, -0.2) is 50.5 Å². The minimum atomic E-state index is -0.165. The van der Waals surface area contributed by atoms with E-state index in [1.54, 1.807) is 12.1 Å². The predicted molar refractivity (Wildman–Crippen MR) is 84.4 cm³/mol. The molecule has 0 unspecified atom stereocenters. The van der Waals surface area contributed by atoms with E-state index in [0.717, 1.165) is 52.0 Å². The van der Waals surface area contributed by atoms with Crippen LogP contribution >= 0.6 is 0 Å². The number of nitrogens with zero attached hydrogens (tertiary/aromatic N) is 1. The van der Waals surface area contributed by atoms with Crippen LogP contribution < -0.4 is 0 Å². The van der Waals surface area contributed by atoms with Crippen molar-refractivity contribution < 1.29 is 13.9 Å².